The molecule has 5 aliphatic rings. The van der Waals surface area contributed by atoms with Crippen molar-refractivity contribution in [3.63, 3.8) is 0 Å². The Morgan fingerprint density at radius 1 is 0.289 bits per heavy atom. The number of hydrogen-bond acceptors (Lipinski definition) is 8. The monoisotopic (exact) mass is 1250 g/mol. The number of esters is 1. The molecule has 1 aliphatic heterocycles. The summed E-state index contributed by atoms with van der Waals surface area (Å²) in [6.07, 6.45) is 2.37. The zero-order valence-electron chi connectivity index (χ0n) is 52.2. The minimum absolute atomic E-state index is 0.0202. The number of rotatable bonds is 18. The Balaban J connectivity index is 0.519. The van der Waals surface area contributed by atoms with Crippen molar-refractivity contribution in [3.05, 3.63) is 22.3 Å². The van der Waals surface area contributed by atoms with E-state index in [1.165, 1.54) is 0 Å². The number of amides is 5. The van der Waals surface area contributed by atoms with Crippen molar-refractivity contribution >= 4 is 326 Å². The predicted octanol–water partition coefficient (Wildman–Crippen LogP) is 14.9. The summed E-state index contributed by atoms with van der Waals surface area (Å²) in [6, 6.07) is 0. The first-order valence-corrected chi connectivity index (χ1v) is 35.4. The Morgan fingerprint density at radius 2 is 0.495 bits per heavy atom. The first-order chi connectivity index (χ1) is 47.4. The number of carbonyl (C=O) groups is 6. The van der Waals surface area contributed by atoms with Crippen molar-refractivity contribution in [3.8, 4) is 0 Å². The number of likely N-dealkylation sites (tertiary alicyclic amines) is 1. The molecule has 13 heteroatoms. The molecule has 0 aromatic heterocycles. The van der Waals surface area contributed by atoms with Crippen LogP contribution in [0.3, 0.4) is 0 Å². The van der Waals surface area contributed by atoms with Gasteiger partial charge in [0.25, 0.3) is 0 Å². The second kappa shape index (κ2) is 12.2. The summed E-state index contributed by atoms with van der Waals surface area (Å²) in [5, 5.41) is 100. The van der Waals surface area contributed by atoms with Gasteiger partial charge in [0.15, 0.2) is 0 Å². The lowest BCUT2D eigenvalue weighted by Crippen LogP contribution is -2.51. The molecule has 2 spiro atoms. The van der Waals surface area contributed by atoms with Gasteiger partial charge in [0.2, 0.25) is 29.5 Å². The summed E-state index contributed by atoms with van der Waals surface area (Å²) < 4.78 is 5.17. The fraction of sp³-hybridized carbons (Fsp3) is 0.238. The molecule has 1 saturated heterocycles. The van der Waals surface area contributed by atoms with E-state index in [2.05, 4.69) is 31.5 Å². The highest BCUT2D eigenvalue weighted by molar-refractivity contribution is 6.82. The van der Waals surface area contributed by atoms with Gasteiger partial charge in [-0.3, -0.25) is 28.8 Å². The minimum atomic E-state index is -0.683. The van der Waals surface area contributed by atoms with Gasteiger partial charge in [-0.1, -0.05) is 0 Å². The van der Waals surface area contributed by atoms with Crippen molar-refractivity contribution in [1.29, 1.82) is 0 Å². The van der Waals surface area contributed by atoms with Gasteiger partial charge in [-0.05, 0) is 360 Å². The van der Waals surface area contributed by atoms with Crippen LogP contribution >= 0.6 is 0 Å². The van der Waals surface area contributed by atoms with E-state index in [0.29, 0.717) is 32.4 Å². The number of carbonyl (C=O) groups excluding carboxylic acids is 6. The van der Waals surface area contributed by atoms with Crippen LogP contribution < -0.4 is 26.6 Å². The number of nitrogens with zero attached hydrogens (tertiary/aromatic N) is 1. The van der Waals surface area contributed by atoms with Gasteiger partial charge in [0.05, 0.1) is 23.9 Å². The summed E-state index contributed by atoms with van der Waals surface area (Å²) in [5.74, 6) is -2.19. The van der Waals surface area contributed by atoms with E-state index in [1.54, 1.807) is 334 Å². The maximum atomic E-state index is 14.0. The van der Waals surface area contributed by atoms with Crippen molar-refractivity contribution in [2.75, 3.05) is 52.4 Å². The molecule has 33 rings (SSSR count). The van der Waals surface area contributed by atoms with Crippen LogP contribution in [-0.4, -0.2) is 98.4 Å². The molecule has 97 heavy (non-hydrogen) atoms. The van der Waals surface area contributed by atoms with Crippen molar-refractivity contribution < 1.29 is 33.5 Å². The van der Waals surface area contributed by atoms with E-state index in [4.69, 9.17) is 4.74 Å². The molecule has 28 aromatic carbocycles. The third-order valence-electron chi connectivity index (χ3n) is 29.0. The van der Waals surface area contributed by atoms with Gasteiger partial charge < -0.3 is 36.2 Å². The molecule has 0 atom stereocenters. The Kier molecular flexibility index (Phi) is 5.76. The fourth-order valence-corrected chi connectivity index (χ4v) is 27.7. The van der Waals surface area contributed by atoms with Crippen LogP contribution in [0.15, 0.2) is 0 Å². The van der Waals surface area contributed by atoms with Gasteiger partial charge >= 0.3 is 5.97 Å². The highest BCUT2D eigenvalue weighted by atomic mass is 16.6. The molecule has 1 heterocycles. The first-order valence-electron chi connectivity index (χ1n) is 35.4. The predicted molar refractivity (Wildman–Crippen MR) is 389 cm³/mol. The topological polar surface area (TPSA) is 175 Å². The van der Waals surface area contributed by atoms with Gasteiger partial charge in [0.1, 0.15) is 12.1 Å². The minimum Gasteiger partial charge on any atom is -0.459 e. The molecule has 5 N–H and O–H groups in total. The second-order valence-corrected chi connectivity index (χ2v) is 33.2. The van der Waals surface area contributed by atoms with E-state index >= 15 is 0 Å². The van der Waals surface area contributed by atoms with Crippen molar-refractivity contribution in [2.24, 2.45) is 0 Å². The summed E-state index contributed by atoms with van der Waals surface area (Å²) >= 11 is 0. The van der Waals surface area contributed by atoms with Gasteiger partial charge in [-0.2, -0.15) is 0 Å². The Morgan fingerprint density at radius 3 is 0.742 bits per heavy atom. The molecule has 0 bridgehead atoms. The van der Waals surface area contributed by atoms with Gasteiger partial charge in [0, 0.05) is 45.4 Å². The molecule has 450 valence electrons. The van der Waals surface area contributed by atoms with Crippen molar-refractivity contribution in [1.82, 2.24) is 31.5 Å². The van der Waals surface area contributed by atoms with Crippen LogP contribution in [0, 0.1) is 0 Å². The third-order valence-corrected chi connectivity index (χ3v) is 29.0. The van der Waals surface area contributed by atoms with E-state index < -0.39 is 23.4 Å². The summed E-state index contributed by atoms with van der Waals surface area (Å²) in [4.78, 5) is 78.6. The van der Waals surface area contributed by atoms with Crippen molar-refractivity contribution in [2.45, 2.75) is 75.7 Å². The van der Waals surface area contributed by atoms with Crippen LogP contribution in [0.5, 0.6) is 0 Å². The number of benzene rings is 18. The molecule has 1 fully saturated rings. The molecular weight excluding hydrogens is 1200 g/mol. The van der Waals surface area contributed by atoms with Crippen LogP contribution in [0.25, 0.3) is 291 Å². The third kappa shape index (κ3) is 3.48. The normalized spacial score (nSPS) is 19.6. The van der Waals surface area contributed by atoms with Crippen LogP contribution in [0.2, 0.25) is 0 Å². The zero-order chi connectivity index (χ0) is 62.2. The molecule has 5 amide bonds. The standard InChI is InChI=1S/C84H42N6O7/c1-82(2,3)97-23(96)15-89-22(95)14-88-21(94)13-87-20(93)8-5-11-85-18(91)7-4-10-86-19(92)9-6-12-90-16-83-78-70-62-52-42-34-26-24-25-28-32-30(26)38-46-40(32)50-44-36(28)37-29(25)33-31-27(24)35(34)43-49-39(31)47-41(33)51-45(37)55-54(44)64-58(50)68-60(46)66(56(62)48(38)42)74(78)76(68)80-72(64)73-65(55)59(51)69-61(47)67-57(49)63(53(43)52)71(70)79(83)75(67)77(69)81(73)84(80,83)17-90/h4-17H2,1-3H3,(H,85,91)(H,86,92)(H,87,93)(H,88,94)(H,89,95). The van der Waals surface area contributed by atoms with E-state index in [0.717, 1.165) is 26.1 Å². The Labute approximate surface area is 538 Å². The number of hydrogen-bond donors (Lipinski definition) is 5. The summed E-state index contributed by atoms with van der Waals surface area (Å²) in [7, 11) is 0. The lowest BCUT2D eigenvalue weighted by atomic mass is 9.50. The van der Waals surface area contributed by atoms with Crippen LogP contribution in [0.4, 0.5) is 0 Å². The summed E-state index contributed by atoms with van der Waals surface area (Å²) in [5.41, 5.74) is 5.41. The maximum absolute atomic E-state index is 14.0. The smallest absolute Gasteiger partial charge is 0.325 e. The number of nitrogens with one attached hydrogen (secondary N) is 5. The zero-order valence-corrected chi connectivity index (χ0v) is 52.2. The quantitative estimate of drug-likeness (QED) is 0.0320. The van der Waals surface area contributed by atoms with Gasteiger partial charge in [-0.15, -0.1) is 0 Å². The van der Waals surface area contributed by atoms with E-state index in [1.807, 2.05) is 0 Å². The summed E-state index contributed by atoms with van der Waals surface area (Å²) in [6.45, 7) is 7.57. The van der Waals surface area contributed by atoms with Crippen LogP contribution in [-0.2, 0) is 44.3 Å². The SMILES string of the molecule is CC(C)(C)OC(=O)CNC(=O)CNC(=O)CNC(=O)CCCNC(=O)CCCNC(=O)CCCN1CC23c4c5c6c7c8c9c(c%10c%11c2c2c4c4c%12c5c5c6c6c8c8c%13c9c9c%10c%10c%11c%11c2c2c4c4c%12c%12c5c5c6c8c6c8c%13c9c9c%10c%10c%11c2c2c4c4c%12c5c6c5c8c9c%10c2c45)C73C1. The molecule has 4 aliphatic carbocycles. The highest BCUT2D eigenvalue weighted by Crippen LogP contribution is 2.85. The second-order valence-electron chi connectivity index (χ2n) is 33.2. The Bertz CT molecular complexity index is 7640. The van der Waals surface area contributed by atoms with Crippen LogP contribution in [0.1, 0.15) is 81.5 Å². The van der Waals surface area contributed by atoms with E-state index in [-0.39, 0.29) is 61.0 Å². The molecule has 13 nitrogen and oxygen atoms in total. The molecule has 28 aromatic rings. The Hall–Kier alpha value is -10.8. The lowest BCUT2D eigenvalue weighted by molar-refractivity contribution is -0.154. The number of ether oxygens (including phenoxy) is 1. The largest absolute Gasteiger partial charge is 0.459 e. The highest BCUT2D eigenvalue weighted by Gasteiger charge is 2.73. The molecule has 0 unspecified atom stereocenters. The van der Waals surface area contributed by atoms with Gasteiger partial charge in [-0.25, -0.2) is 0 Å². The molecular formula is C84H42N6O7. The molecule has 0 radical (unpaired) electrons. The lowest BCUT2D eigenvalue weighted by Gasteiger charge is -2.49. The van der Waals surface area contributed by atoms with E-state index in [9.17, 15) is 28.8 Å². The maximum Gasteiger partial charge on any atom is 0.325 e. The fourth-order valence-electron chi connectivity index (χ4n) is 27.7. The average molecular weight is 1250 g/mol. The first kappa shape index (κ1) is 45.6. The average Bonchev–Trinajstić information content (AvgIpc) is 1.38. The molecule has 0 saturated carbocycles.